The summed E-state index contributed by atoms with van der Waals surface area (Å²) in [7, 11) is 0. The van der Waals surface area contributed by atoms with E-state index in [1.807, 2.05) is 0 Å². The molecule has 0 spiro atoms. The lowest BCUT2D eigenvalue weighted by Gasteiger charge is -2.14. The second kappa shape index (κ2) is 8.83. The number of hydrogen-bond acceptors (Lipinski definition) is 0. The molecule has 1 saturated carbocycles. The highest BCUT2D eigenvalue weighted by atomic mass is 14.3. The number of rotatable bonds is 2. The zero-order valence-corrected chi connectivity index (χ0v) is 8.10. The fourth-order valence-electron chi connectivity index (χ4n) is 2.19. The summed E-state index contributed by atoms with van der Waals surface area (Å²) < 4.78 is 0. The van der Waals surface area contributed by atoms with Gasteiger partial charge in [-0.1, -0.05) is 53.4 Å². The van der Waals surface area contributed by atoms with Gasteiger partial charge in [-0.15, -0.1) is 13.2 Å². The lowest BCUT2D eigenvalue weighted by molar-refractivity contribution is 0.367. The van der Waals surface area contributed by atoms with Gasteiger partial charge in [-0.25, -0.2) is 0 Å². The molecule has 0 bridgehead atoms. The van der Waals surface area contributed by atoms with Gasteiger partial charge in [-0.05, 0) is 11.8 Å². The van der Waals surface area contributed by atoms with E-state index < -0.39 is 0 Å². The van der Waals surface area contributed by atoms with Gasteiger partial charge in [0.25, 0.3) is 0 Å². The highest BCUT2D eigenvalue weighted by Crippen LogP contribution is 2.35. The molecule has 0 aromatic carbocycles. The predicted molar refractivity (Wildman–Crippen MR) is 59.4 cm³/mol. The van der Waals surface area contributed by atoms with E-state index in [1.165, 1.54) is 32.1 Å². The summed E-state index contributed by atoms with van der Waals surface area (Å²) in [5.41, 5.74) is 0. The van der Waals surface area contributed by atoms with Crippen LogP contribution in [0.1, 0.15) is 53.4 Å². The molecule has 0 aliphatic heterocycles. The van der Waals surface area contributed by atoms with E-state index in [0.29, 0.717) is 0 Å². The molecule has 2 atom stereocenters. The van der Waals surface area contributed by atoms with Crippen molar-refractivity contribution in [3.05, 3.63) is 13.2 Å². The van der Waals surface area contributed by atoms with Crippen LogP contribution in [-0.4, -0.2) is 0 Å². The highest BCUT2D eigenvalue weighted by molar-refractivity contribution is 4.74. The second-order valence-corrected chi connectivity index (χ2v) is 3.27. The van der Waals surface area contributed by atoms with Crippen LogP contribution in [-0.2, 0) is 0 Å². The zero-order valence-electron chi connectivity index (χ0n) is 8.10. The van der Waals surface area contributed by atoms with E-state index in [4.69, 9.17) is 0 Å². The maximum atomic E-state index is 3.00. The first-order valence-electron chi connectivity index (χ1n) is 4.88. The summed E-state index contributed by atoms with van der Waals surface area (Å²) in [6.07, 6.45) is 7.35. The summed E-state index contributed by atoms with van der Waals surface area (Å²) in [5, 5.41) is 0. The van der Waals surface area contributed by atoms with Crippen molar-refractivity contribution in [2.75, 3.05) is 0 Å². The Hall–Kier alpha value is -0.260. The minimum absolute atomic E-state index is 0. The topological polar surface area (TPSA) is 0 Å². The Morgan fingerprint density at radius 3 is 1.58 bits per heavy atom. The van der Waals surface area contributed by atoms with E-state index in [1.54, 1.807) is 0 Å². The Balaban J connectivity index is 0. The van der Waals surface area contributed by atoms with Crippen molar-refractivity contribution >= 4 is 0 Å². The second-order valence-electron chi connectivity index (χ2n) is 3.27. The van der Waals surface area contributed by atoms with Crippen molar-refractivity contribution in [3.8, 4) is 0 Å². The molecule has 0 radical (unpaired) electrons. The predicted octanol–water partition coefficient (Wildman–Crippen LogP) is 4.66. The molecule has 74 valence electrons. The SMILES string of the molecule is C.C=C.CCC1CCCC1CC. The molecule has 1 aliphatic carbocycles. The van der Waals surface area contributed by atoms with Gasteiger partial charge in [0.05, 0.1) is 0 Å². The van der Waals surface area contributed by atoms with E-state index in [-0.39, 0.29) is 7.43 Å². The van der Waals surface area contributed by atoms with Crippen LogP contribution in [0, 0.1) is 11.8 Å². The van der Waals surface area contributed by atoms with Crippen LogP contribution in [0.25, 0.3) is 0 Å². The summed E-state index contributed by atoms with van der Waals surface area (Å²) in [6.45, 7) is 10.7. The van der Waals surface area contributed by atoms with Crippen molar-refractivity contribution in [3.63, 3.8) is 0 Å². The first kappa shape index (κ1) is 14.3. The summed E-state index contributed by atoms with van der Waals surface area (Å²) in [6, 6.07) is 0. The molecule has 1 fully saturated rings. The van der Waals surface area contributed by atoms with E-state index in [0.717, 1.165) is 11.8 Å². The van der Waals surface area contributed by atoms with Gasteiger partial charge in [0, 0.05) is 0 Å². The molecule has 1 rings (SSSR count). The van der Waals surface area contributed by atoms with Crippen molar-refractivity contribution in [2.24, 2.45) is 11.8 Å². The van der Waals surface area contributed by atoms with Crippen molar-refractivity contribution in [1.29, 1.82) is 0 Å². The average molecular weight is 170 g/mol. The summed E-state index contributed by atoms with van der Waals surface area (Å²) in [4.78, 5) is 0. The first-order valence-corrected chi connectivity index (χ1v) is 4.88. The molecular weight excluding hydrogens is 144 g/mol. The van der Waals surface area contributed by atoms with Gasteiger partial charge in [-0.2, -0.15) is 0 Å². The third-order valence-electron chi connectivity index (χ3n) is 2.87. The highest BCUT2D eigenvalue weighted by Gasteiger charge is 2.23. The standard InChI is InChI=1S/C9H18.C2H4.CH4/c1-3-8-6-5-7-9(8)4-2;1-2;/h8-9H,3-7H2,1-2H3;1-2H2;1H4. The van der Waals surface area contributed by atoms with Gasteiger partial charge < -0.3 is 0 Å². The minimum atomic E-state index is 0. The molecule has 0 aromatic heterocycles. The quantitative estimate of drug-likeness (QED) is 0.529. The van der Waals surface area contributed by atoms with Crippen molar-refractivity contribution in [1.82, 2.24) is 0 Å². The molecule has 1 aliphatic rings. The molecule has 0 saturated heterocycles. The lowest BCUT2D eigenvalue weighted by atomic mass is 9.92. The molecule has 12 heavy (non-hydrogen) atoms. The van der Waals surface area contributed by atoms with Gasteiger partial charge in [0.2, 0.25) is 0 Å². The fraction of sp³-hybridized carbons (Fsp3) is 0.833. The van der Waals surface area contributed by atoms with E-state index in [9.17, 15) is 0 Å². The molecule has 0 amide bonds. The van der Waals surface area contributed by atoms with E-state index in [2.05, 4.69) is 27.0 Å². The van der Waals surface area contributed by atoms with Gasteiger partial charge >= 0.3 is 0 Å². The molecule has 0 N–H and O–H groups in total. The van der Waals surface area contributed by atoms with Crippen LogP contribution in [0.3, 0.4) is 0 Å². The Morgan fingerprint density at radius 1 is 1.00 bits per heavy atom. The monoisotopic (exact) mass is 170 g/mol. The fourth-order valence-corrected chi connectivity index (χ4v) is 2.19. The average Bonchev–Trinajstić information content (AvgIpc) is 2.54. The Labute approximate surface area is 79.1 Å². The normalized spacial score (nSPS) is 26.8. The van der Waals surface area contributed by atoms with Gasteiger partial charge in [0.1, 0.15) is 0 Å². The molecular formula is C12H26. The number of hydrogen-bond donors (Lipinski definition) is 0. The van der Waals surface area contributed by atoms with Crippen LogP contribution in [0.4, 0.5) is 0 Å². The molecule has 0 nitrogen and oxygen atoms in total. The molecule has 2 unspecified atom stereocenters. The largest absolute Gasteiger partial charge is 0.106 e. The maximum Gasteiger partial charge on any atom is -0.0389 e. The molecule has 0 heterocycles. The summed E-state index contributed by atoms with van der Waals surface area (Å²) >= 11 is 0. The van der Waals surface area contributed by atoms with Crippen LogP contribution < -0.4 is 0 Å². The van der Waals surface area contributed by atoms with Crippen LogP contribution >= 0.6 is 0 Å². The van der Waals surface area contributed by atoms with E-state index >= 15 is 0 Å². The Kier molecular flexibility index (Phi) is 10.5. The third-order valence-corrected chi connectivity index (χ3v) is 2.87. The van der Waals surface area contributed by atoms with Crippen molar-refractivity contribution in [2.45, 2.75) is 53.4 Å². The Morgan fingerprint density at radius 2 is 1.33 bits per heavy atom. The van der Waals surface area contributed by atoms with Crippen LogP contribution in [0.15, 0.2) is 13.2 Å². The maximum absolute atomic E-state index is 3.00. The van der Waals surface area contributed by atoms with Crippen LogP contribution in [0.2, 0.25) is 0 Å². The Bertz CT molecular complexity index is 76.0. The van der Waals surface area contributed by atoms with Crippen molar-refractivity contribution < 1.29 is 0 Å². The van der Waals surface area contributed by atoms with Gasteiger partial charge in [-0.3, -0.25) is 0 Å². The van der Waals surface area contributed by atoms with Gasteiger partial charge in [0.15, 0.2) is 0 Å². The zero-order chi connectivity index (χ0) is 8.69. The molecule has 0 heteroatoms. The summed E-state index contributed by atoms with van der Waals surface area (Å²) in [5.74, 6) is 2.16. The first-order chi connectivity index (χ1) is 5.38. The minimum Gasteiger partial charge on any atom is -0.106 e. The van der Waals surface area contributed by atoms with Crippen LogP contribution in [0.5, 0.6) is 0 Å². The third kappa shape index (κ3) is 3.94. The lowest BCUT2D eigenvalue weighted by Crippen LogP contribution is -2.04. The smallest absolute Gasteiger partial charge is 0.0389 e. The molecule has 0 aromatic rings.